The van der Waals surface area contributed by atoms with Gasteiger partial charge >= 0.3 is 0 Å². The minimum atomic E-state index is 0.255. The monoisotopic (exact) mass is 293 g/mol. The van der Waals surface area contributed by atoms with Crippen LogP contribution in [-0.4, -0.2) is 57.0 Å². The summed E-state index contributed by atoms with van der Waals surface area (Å²) in [5.41, 5.74) is 5.87. The normalized spacial score (nSPS) is 18.9. The second-order valence-corrected chi connectivity index (χ2v) is 5.66. The van der Waals surface area contributed by atoms with Crippen molar-refractivity contribution in [3.63, 3.8) is 0 Å². The first-order chi connectivity index (χ1) is 9.70. The van der Waals surface area contributed by atoms with Crippen LogP contribution in [0.1, 0.15) is 25.6 Å². The van der Waals surface area contributed by atoms with Gasteiger partial charge in [0.2, 0.25) is 0 Å². The number of nitrogens with two attached hydrogens (primary N) is 1. The van der Waals surface area contributed by atoms with Gasteiger partial charge in [0, 0.05) is 38.6 Å². The lowest BCUT2D eigenvalue weighted by Gasteiger charge is -2.38. The van der Waals surface area contributed by atoms with Crippen molar-refractivity contribution < 1.29 is 0 Å². The fraction of sp³-hybridized carbons (Fsp3) is 0.643. The number of aromatic nitrogens is 2. The van der Waals surface area contributed by atoms with Gasteiger partial charge in [0.15, 0.2) is 0 Å². The molecule has 1 atom stereocenters. The summed E-state index contributed by atoms with van der Waals surface area (Å²) < 4.78 is 0. The van der Waals surface area contributed by atoms with Crippen molar-refractivity contribution >= 4 is 17.2 Å². The summed E-state index contributed by atoms with van der Waals surface area (Å²) in [7, 11) is 0. The zero-order chi connectivity index (χ0) is 14.4. The van der Waals surface area contributed by atoms with Crippen molar-refractivity contribution in [1.29, 1.82) is 0 Å². The molecule has 20 heavy (non-hydrogen) atoms. The molecule has 1 fully saturated rings. The second-order valence-electron chi connectivity index (χ2n) is 5.18. The van der Waals surface area contributed by atoms with E-state index in [9.17, 15) is 0 Å². The Morgan fingerprint density at radius 2 is 1.95 bits per heavy atom. The van der Waals surface area contributed by atoms with Gasteiger partial charge in [0.05, 0.1) is 17.6 Å². The Hall–Kier alpha value is -1.11. The molecular weight excluding hydrogens is 270 g/mol. The zero-order valence-electron chi connectivity index (χ0n) is 12.0. The minimum absolute atomic E-state index is 0.255. The van der Waals surface area contributed by atoms with Gasteiger partial charge in [-0.15, -0.1) is 0 Å². The van der Waals surface area contributed by atoms with Gasteiger partial charge in [-0.25, -0.2) is 9.97 Å². The molecule has 1 aromatic rings. The smallest absolute Gasteiger partial charge is 0.142 e. The second kappa shape index (κ2) is 7.61. The quantitative estimate of drug-likeness (QED) is 0.791. The van der Waals surface area contributed by atoms with E-state index in [4.69, 9.17) is 18.0 Å². The predicted molar refractivity (Wildman–Crippen MR) is 84.4 cm³/mol. The lowest BCUT2D eigenvalue weighted by atomic mass is 10.1. The molecule has 0 aliphatic carbocycles. The summed E-state index contributed by atoms with van der Waals surface area (Å²) in [5, 5.41) is 0. The summed E-state index contributed by atoms with van der Waals surface area (Å²) in [4.78, 5) is 14.0. The first-order valence-corrected chi connectivity index (χ1v) is 7.63. The molecule has 5 nitrogen and oxygen atoms in total. The maximum atomic E-state index is 5.87. The largest absolute Gasteiger partial charge is 0.392 e. The maximum absolute atomic E-state index is 5.87. The molecule has 2 rings (SSSR count). The van der Waals surface area contributed by atoms with Crippen molar-refractivity contribution in [2.75, 3.05) is 26.2 Å². The highest BCUT2D eigenvalue weighted by Crippen LogP contribution is 2.12. The topological polar surface area (TPSA) is 58.3 Å². The average molecular weight is 293 g/mol. The Bertz CT molecular complexity index is 417. The highest BCUT2D eigenvalue weighted by atomic mass is 32.1. The zero-order valence-corrected chi connectivity index (χ0v) is 12.9. The molecule has 0 radical (unpaired) electrons. The number of thiocarbonyl (C=S) groups is 1. The van der Waals surface area contributed by atoms with Crippen LogP contribution in [-0.2, 0) is 6.54 Å². The molecule has 2 heterocycles. The molecule has 1 saturated heterocycles. The first kappa shape index (κ1) is 15.3. The van der Waals surface area contributed by atoms with Crippen LogP contribution in [0.4, 0.5) is 0 Å². The van der Waals surface area contributed by atoms with Gasteiger partial charge in [-0.3, -0.25) is 9.80 Å². The number of rotatable bonds is 6. The van der Waals surface area contributed by atoms with E-state index in [0.717, 1.165) is 51.4 Å². The molecule has 0 bridgehead atoms. The highest BCUT2D eigenvalue weighted by Gasteiger charge is 2.25. The SMILES string of the molecule is CCCC(C(N)=S)N1CCN(Cc2ncccn2)CC1. The molecule has 0 saturated carbocycles. The van der Waals surface area contributed by atoms with E-state index in [0.29, 0.717) is 4.99 Å². The Morgan fingerprint density at radius 3 is 2.50 bits per heavy atom. The van der Waals surface area contributed by atoms with Crippen LogP contribution in [0.3, 0.4) is 0 Å². The van der Waals surface area contributed by atoms with Crippen molar-refractivity contribution in [2.45, 2.75) is 32.4 Å². The van der Waals surface area contributed by atoms with Gasteiger partial charge in [0.1, 0.15) is 5.82 Å². The van der Waals surface area contributed by atoms with Crippen molar-refractivity contribution in [2.24, 2.45) is 5.73 Å². The van der Waals surface area contributed by atoms with Crippen LogP contribution in [0.5, 0.6) is 0 Å². The molecular formula is C14H23N5S. The van der Waals surface area contributed by atoms with Gasteiger partial charge < -0.3 is 5.73 Å². The van der Waals surface area contributed by atoms with Crippen LogP contribution in [0.2, 0.25) is 0 Å². The molecule has 0 spiro atoms. The molecule has 110 valence electrons. The van der Waals surface area contributed by atoms with E-state index in [2.05, 4.69) is 26.7 Å². The van der Waals surface area contributed by atoms with Gasteiger partial charge in [-0.2, -0.15) is 0 Å². The summed E-state index contributed by atoms with van der Waals surface area (Å²) in [6.07, 6.45) is 5.75. The van der Waals surface area contributed by atoms with E-state index in [1.807, 2.05) is 6.07 Å². The molecule has 1 aliphatic rings. The summed E-state index contributed by atoms with van der Waals surface area (Å²) in [5.74, 6) is 0.889. The van der Waals surface area contributed by atoms with Crippen LogP contribution >= 0.6 is 12.2 Å². The molecule has 6 heteroatoms. The minimum Gasteiger partial charge on any atom is -0.392 e. The van der Waals surface area contributed by atoms with Crippen molar-refractivity contribution in [1.82, 2.24) is 19.8 Å². The fourth-order valence-corrected chi connectivity index (χ4v) is 2.89. The number of piperazine rings is 1. The average Bonchev–Trinajstić information content (AvgIpc) is 2.47. The Morgan fingerprint density at radius 1 is 1.30 bits per heavy atom. The number of nitrogens with zero attached hydrogens (tertiary/aromatic N) is 4. The molecule has 2 N–H and O–H groups in total. The first-order valence-electron chi connectivity index (χ1n) is 7.22. The van der Waals surface area contributed by atoms with Crippen LogP contribution in [0.15, 0.2) is 18.5 Å². The van der Waals surface area contributed by atoms with Crippen LogP contribution in [0, 0.1) is 0 Å². The third-order valence-corrected chi connectivity index (χ3v) is 3.99. The maximum Gasteiger partial charge on any atom is 0.142 e. The Balaban J connectivity index is 1.84. The van der Waals surface area contributed by atoms with E-state index < -0.39 is 0 Å². The summed E-state index contributed by atoms with van der Waals surface area (Å²) >= 11 is 5.20. The lowest BCUT2D eigenvalue weighted by molar-refractivity contribution is 0.108. The van der Waals surface area contributed by atoms with Gasteiger partial charge in [0.25, 0.3) is 0 Å². The molecule has 1 aromatic heterocycles. The summed E-state index contributed by atoms with van der Waals surface area (Å²) in [6, 6.07) is 2.10. The Labute approximate surface area is 126 Å². The standard InChI is InChI=1S/C14H23N5S/c1-2-4-12(14(15)20)19-9-7-18(8-10-19)11-13-16-5-3-6-17-13/h3,5-6,12H,2,4,7-11H2,1H3,(H2,15,20). The van der Waals surface area contributed by atoms with Gasteiger partial charge in [-0.1, -0.05) is 25.6 Å². The van der Waals surface area contributed by atoms with E-state index in [1.165, 1.54) is 0 Å². The van der Waals surface area contributed by atoms with E-state index >= 15 is 0 Å². The van der Waals surface area contributed by atoms with Crippen molar-refractivity contribution in [3.05, 3.63) is 24.3 Å². The number of hydrogen-bond donors (Lipinski definition) is 1. The molecule has 0 amide bonds. The molecule has 1 unspecified atom stereocenters. The molecule has 0 aromatic carbocycles. The number of hydrogen-bond acceptors (Lipinski definition) is 5. The van der Waals surface area contributed by atoms with E-state index in [-0.39, 0.29) is 6.04 Å². The summed E-state index contributed by atoms with van der Waals surface area (Å²) in [6.45, 7) is 7.04. The molecule has 1 aliphatic heterocycles. The van der Waals surface area contributed by atoms with E-state index in [1.54, 1.807) is 12.4 Å². The van der Waals surface area contributed by atoms with Crippen LogP contribution < -0.4 is 5.73 Å². The Kier molecular flexibility index (Phi) is 5.82. The third-order valence-electron chi connectivity index (χ3n) is 3.72. The highest BCUT2D eigenvalue weighted by molar-refractivity contribution is 7.80. The lowest BCUT2D eigenvalue weighted by Crippen LogP contribution is -2.53. The fourth-order valence-electron chi connectivity index (χ4n) is 2.62. The van der Waals surface area contributed by atoms with Crippen LogP contribution in [0.25, 0.3) is 0 Å². The predicted octanol–water partition coefficient (Wildman–Crippen LogP) is 1.05. The van der Waals surface area contributed by atoms with Gasteiger partial charge in [-0.05, 0) is 12.5 Å². The van der Waals surface area contributed by atoms with Crippen molar-refractivity contribution in [3.8, 4) is 0 Å². The third kappa shape index (κ3) is 4.19.